The average molecular weight is 312 g/mol. The fraction of sp³-hybridized carbons (Fsp3) is 0.941. The van der Waals surface area contributed by atoms with Gasteiger partial charge in [0.1, 0.15) is 5.60 Å². The molecule has 0 aromatic carbocycles. The van der Waals surface area contributed by atoms with Crippen molar-refractivity contribution >= 4 is 6.09 Å². The lowest BCUT2D eigenvalue weighted by Gasteiger charge is -2.42. The Morgan fingerprint density at radius 1 is 1.18 bits per heavy atom. The molecule has 5 nitrogen and oxygen atoms in total. The van der Waals surface area contributed by atoms with Crippen molar-refractivity contribution in [1.29, 1.82) is 0 Å². The molecule has 1 saturated heterocycles. The summed E-state index contributed by atoms with van der Waals surface area (Å²) in [6.07, 6.45) is 5.60. The van der Waals surface area contributed by atoms with Crippen molar-refractivity contribution in [3.63, 3.8) is 0 Å². The number of carbonyl (C=O) groups excluding carboxylic acids is 1. The third-order valence-corrected chi connectivity index (χ3v) is 4.76. The normalized spacial score (nSPS) is 33.6. The number of aliphatic hydroxyl groups excluding tert-OH is 1. The molecule has 2 aliphatic rings. The minimum absolute atomic E-state index is 0.125. The van der Waals surface area contributed by atoms with Crippen LogP contribution in [0.1, 0.15) is 66.2 Å². The standard InChI is InChI=1S/C17H32N2O3/c1-12-15(18-13-7-9-14(20)10-8-13)6-5-11-19(12)16(21)22-17(2,3)4/h12-15,18,20H,5-11H2,1-4H3. The SMILES string of the molecule is CC1C(NC2CCC(O)CC2)CCCN1C(=O)OC(C)(C)C. The van der Waals surface area contributed by atoms with Gasteiger partial charge in [-0.05, 0) is 66.2 Å². The van der Waals surface area contributed by atoms with Crippen LogP contribution in [0.15, 0.2) is 0 Å². The van der Waals surface area contributed by atoms with Crippen molar-refractivity contribution in [3.05, 3.63) is 0 Å². The van der Waals surface area contributed by atoms with Crippen molar-refractivity contribution in [3.8, 4) is 0 Å². The van der Waals surface area contributed by atoms with E-state index in [0.29, 0.717) is 12.1 Å². The summed E-state index contributed by atoms with van der Waals surface area (Å²) in [6, 6.07) is 0.936. The molecule has 1 aliphatic carbocycles. The van der Waals surface area contributed by atoms with E-state index in [4.69, 9.17) is 4.74 Å². The third kappa shape index (κ3) is 4.85. The molecule has 0 radical (unpaired) electrons. The van der Waals surface area contributed by atoms with Crippen LogP contribution in [0.4, 0.5) is 4.79 Å². The first-order valence-corrected chi connectivity index (χ1v) is 8.70. The van der Waals surface area contributed by atoms with Crippen molar-refractivity contribution in [2.45, 2.75) is 96.1 Å². The van der Waals surface area contributed by atoms with Crippen molar-refractivity contribution < 1.29 is 14.6 Å². The Bertz CT molecular complexity index is 373. The number of rotatable bonds is 2. The highest BCUT2D eigenvalue weighted by Crippen LogP contribution is 2.24. The Balaban J connectivity index is 1.89. The fourth-order valence-corrected chi connectivity index (χ4v) is 3.49. The van der Waals surface area contributed by atoms with E-state index in [9.17, 15) is 9.90 Å². The Morgan fingerprint density at radius 2 is 1.82 bits per heavy atom. The second-order valence-corrected chi connectivity index (χ2v) is 7.84. The third-order valence-electron chi connectivity index (χ3n) is 4.76. The first kappa shape index (κ1) is 17.5. The van der Waals surface area contributed by atoms with Crippen molar-refractivity contribution in [2.24, 2.45) is 0 Å². The van der Waals surface area contributed by atoms with E-state index in [-0.39, 0.29) is 18.2 Å². The molecule has 1 saturated carbocycles. The van der Waals surface area contributed by atoms with Crippen LogP contribution in [-0.2, 0) is 4.74 Å². The number of likely N-dealkylation sites (tertiary alicyclic amines) is 1. The first-order valence-electron chi connectivity index (χ1n) is 8.70. The summed E-state index contributed by atoms with van der Waals surface area (Å²) in [5.74, 6) is 0. The van der Waals surface area contributed by atoms with E-state index >= 15 is 0 Å². The van der Waals surface area contributed by atoms with Gasteiger partial charge in [-0.25, -0.2) is 4.79 Å². The Labute approximate surface area is 134 Å². The molecular formula is C17H32N2O3. The van der Waals surface area contributed by atoms with E-state index in [2.05, 4.69) is 12.2 Å². The van der Waals surface area contributed by atoms with Gasteiger partial charge in [0.2, 0.25) is 0 Å². The van der Waals surface area contributed by atoms with Crippen LogP contribution in [-0.4, -0.2) is 52.5 Å². The molecule has 128 valence electrons. The number of nitrogens with one attached hydrogen (secondary N) is 1. The lowest BCUT2D eigenvalue weighted by molar-refractivity contribution is 0.00548. The largest absolute Gasteiger partial charge is 0.444 e. The molecule has 22 heavy (non-hydrogen) atoms. The number of hydrogen-bond donors (Lipinski definition) is 2. The van der Waals surface area contributed by atoms with Gasteiger partial charge < -0.3 is 20.1 Å². The zero-order chi connectivity index (χ0) is 16.3. The van der Waals surface area contributed by atoms with Gasteiger partial charge in [-0.1, -0.05) is 0 Å². The second kappa shape index (κ2) is 7.18. The molecule has 0 spiro atoms. The zero-order valence-electron chi connectivity index (χ0n) is 14.5. The summed E-state index contributed by atoms with van der Waals surface area (Å²) in [7, 11) is 0. The molecule has 2 N–H and O–H groups in total. The monoisotopic (exact) mass is 312 g/mol. The van der Waals surface area contributed by atoms with Gasteiger partial charge in [-0.2, -0.15) is 0 Å². The molecule has 1 amide bonds. The minimum atomic E-state index is -0.448. The van der Waals surface area contributed by atoms with E-state index in [1.54, 1.807) is 0 Å². The first-order chi connectivity index (χ1) is 10.3. The van der Waals surface area contributed by atoms with Gasteiger partial charge in [0.05, 0.1) is 6.10 Å². The molecular weight excluding hydrogens is 280 g/mol. The lowest BCUT2D eigenvalue weighted by atomic mass is 9.90. The maximum atomic E-state index is 12.3. The van der Waals surface area contributed by atoms with Gasteiger partial charge in [0.15, 0.2) is 0 Å². The number of amides is 1. The molecule has 1 aliphatic heterocycles. The molecule has 1 heterocycles. The summed E-state index contributed by atoms with van der Waals surface area (Å²) in [6.45, 7) is 8.60. The van der Waals surface area contributed by atoms with Gasteiger partial charge in [-0.3, -0.25) is 0 Å². The van der Waals surface area contributed by atoms with E-state index in [0.717, 1.165) is 45.1 Å². The Kier molecular flexibility index (Phi) is 5.72. The number of piperidine rings is 1. The maximum Gasteiger partial charge on any atom is 0.410 e. The summed E-state index contributed by atoms with van der Waals surface area (Å²) in [4.78, 5) is 14.2. The van der Waals surface area contributed by atoms with Crippen LogP contribution in [0, 0.1) is 0 Å². The quantitative estimate of drug-likeness (QED) is 0.823. The number of carbonyl (C=O) groups is 1. The fourth-order valence-electron chi connectivity index (χ4n) is 3.49. The molecule has 2 rings (SSSR count). The number of aliphatic hydroxyl groups is 1. The van der Waals surface area contributed by atoms with E-state index < -0.39 is 5.60 Å². The molecule has 2 atom stereocenters. The van der Waals surface area contributed by atoms with E-state index in [1.807, 2.05) is 25.7 Å². The van der Waals surface area contributed by atoms with Gasteiger partial charge in [0, 0.05) is 24.7 Å². The van der Waals surface area contributed by atoms with Crippen LogP contribution < -0.4 is 5.32 Å². The highest BCUT2D eigenvalue weighted by molar-refractivity contribution is 5.68. The van der Waals surface area contributed by atoms with Crippen molar-refractivity contribution in [2.75, 3.05) is 6.54 Å². The topological polar surface area (TPSA) is 61.8 Å². The van der Waals surface area contributed by atoms with Gasteiger partial charge in [-0.15, -0.1) is 0 Å². The van der Waals surface area contributed by atoms with Gasteiger partial charge >= 0.3 is 6.09 Å². The van der Waals surface area contributed by atoms with Crippen LogP contribution in [0.25, 0.3) is 0 Å². The summed E-state index contributed by atoms with van der Waals surface area (Å²) < 4.78 is 5.53. The summed E-state index contributed by atoms with van der Waals surface area (Å²) in [5.41, 5.74) is -0.448. The molecule has 0 bridgehead atoms. The van der Waals surface area contributed by atoms with Crippen LogP contribution >= 0.6 is 0 Å². The Morgan fingerprint density at radius 3 is 2.41 bits per heavy atom. The minimum Gasteiger partial charge on any atom is -0.444 e. The molecule has 2 fully saturated rings. The van der Waals surface area contributed by atoms with Crippen LogP contribution in [0.2, 0.25) is 0 Å². The van der Waals surface area contributed by atoms with E-state index in [1.165, 1.54) is 0 Å². The molecule has 0 aromatic heterocycles. The van der Waals surface area contributed by atoms with Crippen LogP contribution in [0.3, 0.4) is 0 Å². The predicted molar refractivity (Wildman–Crippen MR) is 86.8 cm³/mol. The van der Waals surface area contributed by atoms with Crippen molar-refractivity contribution in [1.82, 2.24) is 10.2 Å². The van der Waals surface area contributed by atoms with Crippen LogP contribution in [0.5, 0.6) is 0 Å². The smallest absolute Gasteiger partial charge is 0.410 e. The maximum absolute atomic E-state index is 12.3. The average Bonchev–Trinajstić information content (AvgIpc) is 2.41. The van der Waals surface area contributed by atoms with Gasteiger partial charge in [0.25, 0.3) is 0 Å². The zero-order valence-corrected chi connectivity index (χ0v) is 14.5. The Hall–Kier alpha value is -0.810. The predicted octanol–water partition coefficient (Wildman–Crippen LogP) is 2.67. The summed E-state index contributed by atoms with van der Waals surface area (Å²) >= 11 is 0. The highest BCUT2D eigenvalue weighted by Gasteiger charge is 2.35. The number of ether oxygens (including phenoxy) is 1. The lowest BCUT2D eigenvalue weighted by Crippen LogP contribution is -2.57. The number of hydrogen-bond acceptors (Lipinski definition) is 4. The second-order valence-electron chi connectivity index (χ2n) is 7.84. The summed E-state index contributed by atoms with van der Waals surface area (Å²) in [5, 5.41) is 13.3. The number of nitrogens with zero attached hydrogens (tertiary/aromatic N) is 1. The highest BCUT2D eigenvalue weighted by atomic mass is 16.6. The molecule has 5 heteroatoms. The molecule has 0 aromatic rings. The molecule has 2 unspecified atom stereocenters.